The Bertz CT molecular complexity index is 432. The number of benzene rings is 1. The molecule has 1 rings (SSSR count). The van der Waals surface area contributed by atoms with E-state index < -0.39 is 12.0 Å². The summed E-state index contributed by atoms with van der Waals surface area (Å²) in [6, 6.07) is 7.21. The van der Waals surface area contributed by atoms with Gasteiger partial charge in [0, 0.05) is 5.69 Å². The number of hydrogen-bond donors (Lipinski definition) is 2. The van der Waals surface area contributed by atoms with Gasteiger partial charge in [-0.1, -0.05) is 31.5 Å². The lowest BCUT2D eigenvalue weighted by molar-refractivity contribution is -0.141. The Morgan fingerprint density at radius 2 is 1.95 bits per heavy atom. The molecule has 0 bridgehead atoms. The van der Waals surface area contributed by atoms with Gasteiger partial charge in [-0.05, 0) is 25.0 Å². The topological polar surface area (TPSA) is 67.4 Å². The van der Waals surface area contributed by atoms with E-state index in [0.29, 0.717) is 6.61 Å². The maximum atomic E-state index is 11.6. The highest BCUT2D eigenvalue weighted by molar-refractivity contribution is 5.92. The highest BCUT2D eigenvalue weighted by Gasteiger charge is 2.08. The number of nitrogens with one attached hydrogen (secondary N) is 2. The third kappa shape index (κ3) is 5.42. The number of carbonyl (C=O) groups is 2. The van der Waals surface area contributed by atoms with Crippen LogP contribution >= 0.6 is 0 Å². The molecule has 2 N–H and O–H groups in total. The number of rotatable bonds is 6. The summed E-state index contributed by atoms with van der Waals surface area (Å²) in [7, 11) is 0. The van der Waals surface area contributed by atoms with Gasteiger partial charge < -0.3 is 15.4 Å². The summed E-state index contributed by atoms with van der Waals surface area (Å²) in [5, 5.41) is 5.20. The second-order valence-electron chi connectivity index (χ2n) is 4.02. The van der Waals surface area contributed by atoms with Gasteiger partial charge in [0.2, 0.25) is 0 Å². The molecular formula is C14H20N2O3. The van der Waals surface area contributed by atoms with Gasteiger partial charge in [0.25, 0.3) is 0 Å². The van der Waals surface area contributed by atoms with E-state index in [-0.39, 0.29) is 6.54 Å². The first-order valence-corrected chi connectivity index (χ1v) is 6.45. The quantitative estimate of drug-likeness (QED) is 0.775. The molecule has 0 radical (unpaired) electrons. The molecule has 5 nitrogen and oxygen atoms in total. The van der Waals surface area contributed by atoms with Gasteiger partial charge in [0.05, 0.1) is 6.61 Å². The predicted octanol–water partition coefficient (Wildman–Crippen LogP) is 2.32. The number of hydrogen-bond acceptors (Lipinski definition) is 3. The Hall–Kier alpha value is -2.04. The fraction of sp³-hybridized carbons (Fsp3) is 0.429. The van der Waals surface area contributed by atoms with Crippen LogP contribution in [-0.2, 0) is 16.0 Å². The van der Waals surface area contributed by atoms with Gasteiger partial charge >= 0.3 is 12.0 Å². The minimum absolute atomic E-state index is 0.129. The van der Waals surface area contributed by atoms with Crippen LogP contribution in [0.25, 0.3) is 0 Å². The molecule has 0 spiro atoms. The van der Waals surface area contributed by atoms with E-state index in [9.17, 15) is 9.59 Å². The number of para-hydroxylation sites is 1. The first-order chi connectivity index (χ1) is 9.17. The third-order valence-electron chi connectivity index (χ3n) is 2.48. The van der Waals surface area contributed by atoms with Gasteiger partial charge in [0.1, 0.15) is 6.54 Å². The standard InChI is InChI=1S/C14H20N2O3/c1-3-7-11-8-5-6-9-12(11)16-14(18)15-10-13(17)19-4-2/h5-6,8-9H,3-4,7,10H2,1-2H3,(H2,15,16,18). The first-order valence-electron chi connectivity index (χ1n) is 6.45. The SMILES string of the molecule is CCCc1ccccc1NC(=O)NCC(=O)OCC. The molecule has 19 heavy (non-hydrogen) atoms. The van der Waals surface area contributed by atoms with Crippen LogP contribution in [0.1, 0.15) is 25.8 Å². The Morgan fingerprint density at radius 3 is 2.63 bits per heavy atom. The minimum atomic E-state index is -0.445. The van der Waals surface area contributed by atoms with Gasteiger partial charge in [-0.25, -0.2) is 4.79 Å². The van der Waals surface area contributed by atoms with Gasteiger partial charge in [-0.3, -0.25) is 4.79 Å². The van der Waals surface area contributed by atoms with Crippen molar-refractivity contribution in [1.82, 2.24) is 5.32 Å². The third-order valence-corrected chi connectivity index (χ3v) is 2.48. The largest absolute Gasteiger partial charge is 0.465 e. The Morgan fingerprint density at radius 1 is 1.21 bits per heavy atom. The van der Waals surface area contributed by atoms with Gasteiger partial charge in [-0.15, -0.1) is 0 Å². The van der Waals surface area contributed by atoms with E-state index in [2.05, 4.69) is 17.6 Å². The molecule has 1 aromatic rings. The number of aryl methyl sites for hydroxylation is 1. The molecule has 0 saturated heterocycles. The second kappa shape index (κ2) is 8.13. The number of esters is 1. The molecular weight excluding hydrogens is 244 g/mol. The van der Waals surface area contributed by atoms with Gasteiger partial charge in [0.15, 0.2) is 0 Å². The van der Waals surface area contributed by atoms with Crippen molar-refractivity contribution in [3.63, 3.8) is 0 Å². The van der Waals surface area contributed by atoms with Crippen molar-refractivity contribution in [2.24, 2.45) is 0 Å². The Balaban J connectivity index is 2.50. The van der Waals surface area contributed by atoms with Crippen molar-refractivity contribution in [3.8, 4) is 0 Å². The van der Waals surface area contributed by atoms with E-state index >= 15 is 0 Å². The number of ether oxygens (including phenoxy) is 1. The number of anilines is 1. The zero-order chi connectivity index (χ0) is 14.1. The maximum absolute atomic E-state index is 11.6. The fourth-order valence-corrected chi connectivity index (χ4v) is 1.66. The molecule has 1 aromatic carbocycles. The summed E-state index contributed by atoms with van der Waals surface area (Å²) in [6.45, 7) is 3.98. The smallest absolute Gasteiger partial charge is 0.325 e. The Labute approximate surface area is 113 Å². The summed E-state index contributed by atoms with van der Waals surface area (Å²) in [5.41, 5.74) is 1.85. The summed E-state index contributed by atoms with van der Waals surface area (Å²) >= 11 is 0. The lowest BCUT2D eigenvalue weighted by Gasteiger charge is -2.11. The molecule has 104 valence electrons. The average Bonchev–Trinajstić information content (AvgIpc) is 2.39. The van der Waals surface area contributed by atoms with E-state index in [1.54, 1.807) is 6.92 Å². The van der Waals surface area contributed by atoms with Crippen LogP contribution in [-0.4, -0.2) is 25.2 Å². The molecule has 0 unspecified atom stereocenters. The van der Waals surface area contributed by atoms with Crippen molar-refractivity contribution in [2.75, 3.05) is 18.5 Å². The minimum Gasteiger partial charge on any atom is -0.465 e. The molecule has 0 fully saturated rings. The van der Waals surface area contributed by atoms with Crippen molar-refractivity contribution in [2.45, 2.75) is 26.7 Å². The molecule has 0 aromatic heterocycles. The molecule has 0 aliphatic rings. The van der Waals surface area contributed by atoms with Gasteiger partial charge in [-0.2, -0.15) is 0 Å². The van der Waals surface area contributed by atoms with Crippen LogP contribution in [0.2, 0.25) is 0 Å². The van der Waals surface area contributed by atoms with E-state index in [0.717, 1.165) is 24.1 Å². The highest BCUT2D eigenvalue weighted by atomic mass is 16.5. The number of amides is 2. The Kier molecular flexibility index (Phi) is 6.43. The van der Waals surface area contributed by atoms with Crippen LogP contribution in [0.4, 0.5) is 10.5 Å². The predicted molar refractivity (Wildman–Crippen MR) is 74.1 cm³/mol. The summed E-state index contributed by atoms with van der Waals surface area (Å²) in [6.07, 6.45) is 1.90. The average molecular weight is 264 g/mol. The lowest BCUT2D eigenvalue weighted by atomic mass is 10.1. The summed E-state index contributed by atoms with van der Waals surface area (Å²) in [5.74, 6) is -0.445. The van der Waals surface area contributed by atoms with Crippen LogP contribution in [0.5, 0.6) is 0 Å². The van der Waals surface area contributed by atoms with Crippen molar-refractivity contribution >= 4 is 17.7 Å². The fourth-order valence-electron chi connectivity index (χ4n) is 1.66. The summed E-state index contributed by atoms with van der Waals surface area (Å²) in [4.78, 5) is 22.8. The van der Waals surface area contributed by atoms with Crippen LogP contribution < -0.4 is 10.6 Å². The van der Waals surface area contributed by atoms with Crippen LogP contribution in [0, 0.1) is 0 Å². The van der Waals surface area contributed by atoms with Crippen LogP contribution in [0.3, 0.4) is 0 Å². The van der Waals surface area contributed by atoms with E-state index in [1.165, 1.54) is 0 Å². The highest BCUT2D eigenvalue weighted by Crippen LogP contribution is 2.16. The number of urea groups is 1. The van der Waals surface area contributed by atoms with Crippen molar-refractivity contribution < 1.29 is 14.3 Å². The summed E-state index contributed by atoms with van der Waals surface area (Å²) < 4.78 is 4.72. The molecule has 0 aliphatic heterocycles. The molecule has 2 amide bonds. The van der Waals surface area contributed by atoms with E-state index in [1.807, 2.05) is 24.3 Å². The normalized spacial score (nSPS) is 9.79. The number of carbonyl (C=O) groups excluding carboxylic acids is 2. The van der Waals surface area contributed by atoms with Crippen LogP contribution in [0.15, 0.2) is 24.3 Å². The van der Waals surface area contributed by atoms with Crippen molar-refractivity contribution in [3.05, 3.63) is 29.8 Å². The van der Waals surface area contributed by atoms with Crippen molar-refractivity contribution in [1.29, 1.82) is 0 Å². The molecule has 0 heterocycles. The molecule has 0 aliphatic carbocycles. The lowest BCUT2D eigenvalue weighted by Crippen LogP contribution is -2.34. The monoisotopic (exact) mass is 264 g/mol. The molecule has 0 atom stereocenters. The zero-order valence-corrected chi connectivity index (χ0v) is 11.4. The molecule has 0 saturated carbocycles. The second-order valence-corrected chi connectivity index (χ2v) is 4.02. The molecule has 5 heteroatoms. The zero-order valence-electron chi connectivity index (χ0n) is 11.4. The maximum Gasteiger partial charge on any atom is 0.325 e. The first kappa shape index (κ1) is 15.0. The van der Waals surface area contributed by atoms with E-state index in [4.69, 9.17) is 4.74 Å².